The van der Waals surface area contributed by atoms with Crippen molar-refractivity contribution < 1.29 is 0 Å². The Bertz CT molecular complexity index is 689. The van der Waals surface area contributed by atoms with Gasteiger partial charge in [-0.15, -0.1) is 0 Å². The molecule has 1 aliphatic heterocycles. The van der Waals surface area contributed by atoms with Gasteiger partial charge in [-0.1, -0.05) is 47.6 Å². The zero-order valence-electron chi connectivity index (χ0n) is 16.8. The van der Waals surface area contributed by atoms with Crippen molar-refractivity contribution in [3.05, 3.63) is 30.5 Å². The number of nitrogens with one attached hydrogen (secondary N) is 1. The van der Waals surface area contributed by atoms with Gasteiger partial charge in [0.05, 0.1) is 0 Å². The lowest BCUT2D eigenvalue weighted by Gasteiger charge is -2.44. The minimum Gasteiger partial charge on any atom is -0.373 e. The van der Waals surface area contributed by atoms with Gasteiger partial charge in [-0.05, 0) is 41.0 Å². The van der Waals surface area contributed by atoms with Crippen molar-refractivity contribution in [2.24, 2.45) is 0 Å². The molecule has 3 nitrogen and oxygen atoms in total. The molecule has 0 unspecified atom stereocenters. The van der Waals surface area contributed by atoms with E-state index in [9.17, 15) is 0 Å². The highest BCUT2D eigenvalue weighted by Crippen LogP contribution is 2.45. The maximum Gasteiger partial charge on any atom is 0.169 e. The van der Waals surface area contributed by atoms with Crippen molar-refractivity contribution in [1.82, 2.24) is 9.55 Å². The van der Waals surface area contributed by atoms with Crippen molar-refractivity contribution in [2.45, 2.75) is 58.2 Å². The number of hydrogen-bond acceptors (Lipinski definition) is 2. The Hall–Kier alpha value is -1.26. The van der Waals surface area contributed by atoms with Crippen LogP contribution in [0.3, 0.4) is 0 Å². The molecule has 0 radical (unpaired) electrons. The number of benzene rings is 1. The first-order chi connectivity index (χ1) is 11.9. The minimum atomic E-state index is -1.70. The fraction of sp³-hybridized carbons (Fsp3) is 0.619. The van der Waals surface area contributed by atoms with Crippen molar-refractivity contribution >= 4 is 24.8 Å². The van der Waals surface area contributed by atoms with Crippen LogP contribution in [0.5, 0.6) is 0 Å². The molecule has 138 valence electrons. The lowest BCUT2D eigenvalue weighted by molar-refractivity contribution is 0.590. The van der Waals surface area contributed by atoms with Gasteiger partial charge in [0.25, 0.3) is 0 Å². The quantitative estimate of drug-likeness (QED) is 0.754. The largest absolute Gasteiger partial charge is 0.373 e. The summed E-state index contributed by atoms with van der Waals surface area (Å²) in [6, 6.07) is 9.29. The second-order valence-corrected chi connectivity index (χ2v) is 14.2. The molecule has 0 amide bonds. The maximum atomic E-state index is 3.47. The van der Waals surface area contributed by atoms with E-state index >= 15 is 0 Å². The number of hydrogen-bond donors (Lipinski definition) is 1. The van der Waals surface area contributed by atoms with Gasteiger partial charge in [0, 0.05) is 42.8 Å². The summed E-state index contributed by atoms with van der Waals surface area (Å²) < 4.78 is 2.73. The van der Waals surface area contributed by atoms with Crippen LogP contribution in [-0.4, -0.2) is 38.6 Å². The van der Waals surface area contributed by atoms with Gasteiger partial charge < -0.3 is 14.4 Å². The fourth-order valence-electron chi connectivity index (χ4n) is 5.51. The summed E-state index contributed by atoms with van der Waals surface area (Å²) in [7, 11) is -1.70. The monoisotopic (exact) mass is 357 g/mol. The minimum absolute atomic E-state index is 0.714. The summed E-state index contributed by atoms with van der Waals surface area (Å²) in [6.07, 6.45) is 2.41. The van der Waals surface area contributed by atoms with E-state index in [0.717, 1.165) is 26.2 Å². The average molecular weight is 358 g/mol. The summed E-state index contributed by atoms with van der Waals surface area (Å²) >= 11 is 0. The van der Waals surface area contributed by atoms with E-state index in [2.05, 4.69) is 86.5 Å². The zero-order chi connectivity index (χ0) is 18.2. The molecule has 0 atom stereocenters. The molecular formula is C21H35N3Si. The molecule has 1 aliphatic rings. The van der Waals surface area contributed by atoms with Crippen molar-refractivity contribution in [3.8, 4) is 0 Å². The van der Waals surface area contributed by atoms with E-state index in [1.54, 1.807) is 0 Å². The van der Waals surface area contributed by atoms with Gasteiger partial charge in [0.2, 0.25) is 0 Å². The van der Waals surface area contributed by atoms with Crippen LogP contribution in [-0.2, 0) is 0 Å². The Morgan fingerprint density at radius 2 is 1.48 bits per heavy atom. The lowest BCUT2D eigenvalue weighted by atomic mass is 10.2. The van der Waals surface area contributed by atoms with E-state index < -0.39 is 8.24 Å². The molecule has 1 aromatic carbocycles. The third kappa shape index (κ3) is 2.93. The van der Waals surface area contributed by atoms with Gasteiger partial charge >= 0.3 is 0 Å². The number of rotatable bonds is 5. The third-order valence-corrected chi connectivity index (χ3v) is 13.1. The molecule has 1 aromatic heterocycles. The Kier molecular flexibility index (Phi) is 5.31. The molecule has 0 aliphatic carbocycles. The Balaban J connectivity index is 2.17. The van der Waals surface area contributed by atoms with Crippen molar-refractivity contribution in [2.75, 3.05) is 31.1 Å². The molecule has 1 saturated heterocycles. The van der Waals surface area contributed by atoms with Crippen LogP contribution in [0, 0.1) is 0 Å². The summed E-state index contributed by atoms with van der Waals surface area (Å²) in [5, 5.41) is 4.90. The molecule has 2 heterocycles. The van der Waals surface area contributed by atoms with Crippen LogP contribution < -0.4 is 10.2 Å². The second kappa shape index (κ2) is 7.16. The predicted molar refractivity (Wildman–Crippen MR) is 113 cm³/mol. The highest BCUT2D eigenvalue weighted by molar-refractivity contribution is 6.82. The van der Waals surface area contributed by atoms with Gasteiger partial charge in [-0.3, -0.25) is 0 Å². The molecule has 2 aromatic rings. The van der Waals surface area contributed by atoms with Crippen LogP contribution in [0.15, 0.2) is 30.5 Å². The molecule has 0 bridgehead atoms. The smallest absolute Gasteiger partial charge is 0.169 e. The van der Waals surface area contributed by atoms with Crippen LogP contribution >= 0.6 is 0 Å². The topological polar surface area (TPSA) is 20.2 Å². The maximum absolute atomic E-state index is 3.47. The first kappa shape index (κ1) is 18.5. The van der Waals surface area contributed by atoms with Gasteiger partial charge in [-0.25, -0.2) is 0 Å². The number of piperazine rings is 1. The Morgan fingerprint density at radius 3 is 2.04 bits per heavy atom. The molecule has 0 spiro atoms. The van der Waals surface area contributed by atoms with Gasteiger partial charge in [-0.2, -0.15) is 0 Å². The van der Waals surface area contributed by atoms with Crippen molar-refractivity contribution in [3.63, 3.8) is 0 Å². The van der Waals surface area contributed by atoms with E-state index in [0.29, 0.717) is 16.6 Å². The highest BCUT2D eigenvalue weighted by atomic mass is 28.3. The fourth-order valence-corrected chi connectivity index (χ4v) is 12.1. The van der Waals surface area contributed by atoms with Crippen LogP contribution in [0.1, 0.15) is 41.5 Å². The predicted octanol–water partition coefficient (Wildman–Crippen LogP) is 5.07. The van der Waals surface area contributed by atoms with E-state index in [1.165, 1.54) is 16.6 Å². The highest BCUT2D eigenvalue weighted by Gasteiger charge is 2.45. The molecule has 0 saturated carbocycles. The zero-order valence-corrected chi connectivity index (χ0v) is 17.8. The van der Waals surface area contributed by atoms with E-state index in [4.69, 9.17) is 0 Å². The molecule has 1 N–H and O–H groups in total. The van der Waals surface area contributed by atoms with Crippen LogP contribution in [0.2, 0.25) is 16.6 Å². The van der Waals surface area contributed by atoms with Crippen LogP contribution in [0.4, 0.5) is 5.69 Å². The Labute approximate surface area is 154 Å². The number of aromatic nitrogens is 1. The normalized spacial score (nSPS) is 16.6. The molecule has 1 fully saturated rings. The van der Waals surface area contributed by atoms with Crippen LogP contribution in [0.25, 0.3) is 10.9 Å². The lowest BCUT2D eigenvalue weighted by Crippen LogP contribution is -2.51. The number of anilines is 1. The van der Waals surface area contributed by atoms with E-state index in [-0.39, 0.29) is 0 Å². The Morgan fingerprint density at radius 1 is 0.880 bits per heavy atom. The van der Waals surface area contributed by atoms with E-state index in [1.807, 2.05) is 0 Å². The summed E-state index contributed by atoms with van der Waals surface area (Å²) in [5.41, 5.74) is 5.00. The standard InChI is InChI=1S/C21H35N3Si/c1-16(2)25(17(3)4,18(5)6)24-13-10-19-20(8-7-9-21(19)24)23-14-11-22-12-15-23/h7-10,13,16-18,22H,11-12,14-15H2,1-6H3. The number of nitrogens with zero attached hydrogens (tertiary/aromatic N) is 2. The van der Waals surface area contributed by atoms with Gasteiger partial charge in [0.15, 0.2) is 8.24 Å². The third-order valence-electron chi connectivity index (χ3n) is 6.36. The molecular weight excluding hydrogens is 322 g/mol. The first-order valence-corrected chi connectivity index (χ1v) is 12.1. The van der Waals surface area contributed by atoms with Gasteiger partial charge in [0.1, 0.15) is 0 Å². The summed E-state index contributed by atoms with van der Waals surface area (Å²) in [6.45, 7) is 19.0. The average Bonchev–Trinajstić information content (AvgIpc) is 2.99. The second-order valence-electron chi connectivity index (χ2n) is 8.48. The number of fused-ring (bicyclic) bond motifs is 1. The molecule has 25 heavy (non-hydrogen) atoms. The summed E-state index contributed by atoms with van der Waals surface area (Å²) in [4.78, 5) is 2.55. The SMILES string of the molecule is CC(C)[Si](C(C)C)(C(C)C)n1ccc2c(N3CCNCC3)cccc21. The summed E-state index contributed by atoms with van der Waals surface area (Å²) in [5.74, 6) is 0. The first-order valence-electron chi connectivity index (χ1n) is 9.96. The molecule has 3 rings (SSSR count). The molecule has 4 heteroatoms. The van der Waals surface area contributed by atoms with Crippen molar-refractivity contribution in [1.29, 1.82) is 0 Å².